The first kappa shape index (κ1) is 25.1. The van der Waals surface area contributed by atoms with Gasteiger partial charge in [-0.25, -0.2) is 0 Å². The Labute approximate surface area is 216 Å². The van der Waals surface area contributed by atoms with E-state index in [2.05, 4.69) is 0 Å². The third kappa shape index (κ3) is 6.37. The van der Waals surface area contributed by atoms with Gasteiger partial charge in [0, 0.05) is 10.0 Å². The van der Waals surface area contributed by atoms with Crippen molar-refractivity contribution in [2.45, 2.75) is 4.90 Å². The molecule has 0 N–H and O–H groups in total. The first-order chi connectivity index (χ1) is 16.7. The monoisotopic (exact) mass is 549 g/mol. The van der Waals surface area contributed by atoms with E-state index in [9.17, 15) is 18.0 Å². The van der Waals surface area contributed by atoms with Crippen molar-refractivity contribution in [3.8, 4) is 11.5 Å². The number of halogens is 2. The molecule has 1 heterocycles. The van der Waals surface area contributed by atoms with Crippen molar-refractivity contribution in [2.24, 2.45) is 0 Å². The van der Waals surface area contributed by atoms with Gasteiger partial charge in [-0.05, 0) is 84.1 Å². The Morgan fingerprint density at radius 1 is 0.886 bits per heavy atom. The topological polar surface area (TPSA) is 90.0 Å². The SMILES string of the molecule is O=C1S/C(=C\c2cccc(OS(=O)(=O)c3ccc(Cl)cc3)c2)C(=O)N1CCOc1ccc(Cl)cc1. The minimum Gasteiger partial charge on any atom is -0.492 e. The van der Waals surface area contributed by atoms with E-state index >= 15 is 0 Å². The molecule has 0 aromatic heterocycles. The minimum atomic E-state index is -4.07. The number of carbonyl (C=O) groups excluding carboxylic acids is 2. The number of benzene rings is 3. The summed E-state index contributed by atoms with van der Waals surface area (Å²) in [6, 6.07) is 18.5. The molecule has 0 radical (unpaired) electrons. The summed E-state index contributed by atoms with van der Waals surface area (Å²) < 4.78 is 35.8. The Balaban J connectivity index is 1.42. The predicted molar refractivity (Wildman–Crippen MR) is 135 cm³/mol. The molecule has 0 saturated carbocycles. The molecular formula is C24H17Cl2NO6S2. The van der Waals surface area contributed by atoms with Gasteiger partial charge in [0.15, 0.2) is 0 Å². The first-order valence-electron chi connectivity index (χ1n) is 10.2. The average Bonchev–Trinajstić information content (AvgIpc) is 3.08. The van der Waals surface area contributed by atoms with E-state index in [1.807, 2.05) is 0 Å². The summed E-state index contributed by atoms with van der Waals surface area (Å²) in [6.45, 7) is 0.200. The number of rotatable bonds is 8. The lowest BCUT2D eigenvalue weighted by molar-refractivity contribution is -0.123. The van der Waals surface area contributed by atoms with Crippen LogP contribution in [-0.4, -0.2) is 37.6 Å². The normalized spacial score (nSPS) is 15.0. The number of amides is 2. The quantitative estimate of drug-likeness (QED) is 0.256. The van der Waals surface area contributed by atoms with Crippen LogP contribution in [0, 0.1) is 0 Å². The molecular weight excluding hydrogens is 533 g/mol. The smallest absolute Gasteiger partial charge is 0.339 e. The van der Waals surface area contributed by atoms with Crippen molar-refractivity contribution in [1.29, 1.82) is 0 Å². The lowest BCUT2D eigenvalue weighted by atomic mass is 10.2. The number of carbonyl (C=O) groups is 2. The molecule has 11 heteroatoms. The Hall–Kier alpha value is -2.98. The van der Waals surface area contributed by atoms with Gasteiger partial charge in [0.25, 0.3) is 11.1 Å². The van der Waals surface area contributed by atoms with Crippen LogP contribution < -0.4 is 8.92 Å². The highest BCUT2D eigenvalue weighted by Crippen LogP contribution is 2.33. The van der Waals surface area contributed by atoms with Gasteiger partial charge in [-0.15, -0.1) is 0 Å². The van der Waals surface area contributed by atoms with Crippen molar-refractivity contribution in [3.63, 3.8) is 0 Å². The van der Waals surface area contributed by atoms with Crippen LogP contribution >= 0.6 is 35.0 Å². The summed E-state index contributed by atoms with van der Waals surface area (Å²) in [5.41, 5.74) is 0.497. The Morgan fingerprint density at radius 3 is 2.23 bits per heavy atom. The molecule has 1 saturated heterocycles. The molecule has 0 aliphatic carbocycles. The zero-order chi connectivity index (χ0) is 25.0. The molecule has 0 unspecified atom stereocenters. The van der Waals surface area contributed by atoms with Crippen molar-refractivity contribution >= 4 is 62.3 Å². The second-order valence-electron chi connectivity index (χ2n) is 7.20. The average molecular weight is 550 g/mol. The fraction of sp³-hybridized carbons (Fsp3) is 0.0833. The molecule has 7 nitrogen and oxygen atoms in total. The number of thioether (sulfide) groups is 1. The van der Waals surface area contributed by atoms with Crippen LogP contribution in [0.2, 0.25) is 10.0 Å². The fourth-order valence-electron chi connectivity index (χ4n) is 3.06. The molecule has 180 valence electrons. The summed E-state index contributed by atoms with van der Waals surface area (Å²) in [5, 5.41) is 0.556. The van der Waals surface area contributed by atoms with Gasteiger partial charge in [-0.3, -0.25) is 14.5 Å². The van der Waals surface area contributed by atoms with Gasteiger partial charge >= 0.3 is 10.1 Å². The Bertz CT molecular complexity index is 1390. The maximum atomic E-state index is 12.7. The van der Waals surface area contributed by atoms with E-state index in [4.69, 9.17) is 32.1 Å². The van der Waals surface area contributed by atoms with E-state index in [1.165, 1.54) is 42.5 Å². The lowest BCUT2D eigenvalue weighted by Gasteiger charge is -2.13. The van der Waals surface area contributed by atoms with Crippen LogP contribution in [0.1, 0.15) is 5.56 Å². The third-order valence-corrected chi connectivity index (χ3v) is 7.41. The second-order valence-corrected chi connectivity index (χ2v) is 10.6. The first-order valence-corrected chi connectivity index (χ1v) is 13.1. The van der Waals surface area contributed by atoms with Crippen molar-refractivity contribution in [1.82, 2.24) is 4.90 Å². The molecule has 1 fully saturated rings. The van der Waals surface area contributed by atoms with E-state index in [0.717, 1.165) is 16.7 Å². The molecule has 2 amide bonds. The Kier molecular flexibility index (Phi) is 7.71. The number of ether oxygens (including phenoxy) is 1. The van der Waals surface area contributed by atoms with Crippen LogP contribution in [0.15, 0.2) is 82.6 Å². The predicted octanol–water partition coefficient (Wildman–Crippen LogP) is 5.88. The number of imide groups is 1. The molecule has 0 bridgehead atoms. The van der Waals surface area contributed by atoms with Gasteiger partial charge in [0.05, 0.1) is 11.4 Å². The van der Waals surface area contributed by atoms with Crippen LogP contribution in [0.3, 0.4) is 0 Å². The van der Waals surface area contributed by atoms with Gasteiger partial charge in [0.2, 0.25) is 0 Å². The Morgan fingerprint density at radius 2 is 1.54 bits per heavy atom. The van der Waals surface area contributed by atoms with Crippen molar-refractivity contribution < 1.29 is 26.9 Å². The van der Waals surface area contributed by atoms with Crippen molar-refractivity contribution in [3.05, 3.63) is 93.3 Å². The van der Waals surface area contributed by atoms with Crippen LogP contribution in [0.5, 0.6) is 11.5 Å². The summed E-state index contributed by atoms with van der Waals surface area (Å²) in [7, 11) is -4.07. The van der Waals surface area contributed by atoms with Gasteiger partial charge < -0.3 is 8.92 Å². The van der Waals surface area contributed by atoms with Crippen molar-refractivity contribution in [2.75, 3.05) is 13.2 Å². The molecule has 3 aromatic carbocycles. The standard InChI is InChI=1S/C24H17Cl2NO6S2/c25-17-4-8-19(9-5-17)32-13-12-27-23(28)22(34-24(27)29)15-16-2-1-3-20(14-16)33-35(30,31)21-10-6-18(26)7-11-21/h1-11,14-15H,12-13H2/b22-15-. The van der Waals surface area contributed by atoms with E-state index in [-0.39, 0.29) is 28.7 Å². The molecule has 1 aliphatic heterocycles. The van der Waals surface area contributed by atoms with E-state index < -0.39 is 21.3 Å². The number of nitrogens with zero attached hydrogens (tertiary/aromatic N) is 1. The van der Waals surface area contributed by atoms with E-state index in [1.54, 1.807) is 36.4 Å². The summed E-state index contributed by atoms with van der Waals surface area (Å²) in [5.74, 6) is 0.173. The fourth-order valence-corrected chi connectivity index (χ4v) is 5.10. The largest absolute Gasteiger partial charge is 0.492 e. The molecule has 1 aliphatic rings. The lowest BCUT2D eigenvalue weighted by Crippen LogP contribution is -2.32. The van der Waals surface area contributed by atoms with Crippen LogP contribution in [0.25, 0.3) is 6.08 Å². The maximum Gasteiger partial charge on any atom is 0.339 e. The molecule has 3 aromatic rings. The molecule has 0 spiro atoms. The maximum absolute atomic E-state index is 12.7. The second kappa shape index (κ2) is 10.7. The number of hydrogen-bond acceptors (Lipinski definition) is 7. The zero-order valence-electron chi connectivity index (χ0n) is 17.9. The highest BCUT2D eigenvalue weighted by Gasteiger charge is 2.34. The third-order valence-electron chi connectivity index (χ3n) is 4.73. The number of hydrogen-bond donors (Lipinski definition) is 0. The summed E-state index contributed by atoms with van der Waals surface area (Å²) >= 11 is 12.4. The zero-order valence-corrected chi connectivity index (χ0v) is 21.0. The summed E-state index contributed by atoms with van der Waals surface area (Å²) in [6.07, 6.45) is 1.51. The minimum absolute atomic E-state index is 0.0470. The van der Waals surface area contributed by atoms with Crippen LogP contribution in [-0.2, 0) is 14.9 Å². The molecule has 4 rings (SSSR count). The highest BCUT2D eigenvalue weighted by molar-refractivity contribution is 8.18. The summed E-state index contributed by atoms with van der Waals surface area (Å²) in [4.78, 5) is 26.3. The van der Waals surface area contributed by atoms with Gasteiger partial charge in [-0.2, -0.15) is 8.42 Å². The highest BCUT2D eigenvalue weighted by atomic mass is 35.5. The molecule has 0 atom stereocenters. The molecule has 35 heavy (non-hydrogen) atoms. The van der Waals surface area contributed by atoms with E-state index in [0.29, 0.717) is 21.4 Å². The van der Waals surface area contributed by atoms with Gasteiger partial charge in [0.1, 0.15) is 23.0 Å². The van der Waals surface area contributed by atoms with Crippen LogP contribution in [0.4, 0.5) is 4.79 Å². The van der Waals surface area contributed by atoms with Gasteiger partial charge in [-0.1, -0.05) is 35.3 Å².